The molecule has 0 saturated heterocycles. The summed E-state index contributed by atoms with van der Waals surface area (Å²) in [4.78, 5) is 17.8. The second-order valence-corrected chi connectivity index (χ2v) is 9.56. The second-order valence-electron chi connectivity index (χ2n) is 8.50. The van der Waals surface area contributed by atoms with Crippen LogP contribution in [-0.2, 0) is 16.1 Å². The lowest BCUT2D eigenvalue weighted by molar-refractivity contribution is -0.139. The van der Waals surface area contributed by atoms with Gasteiger partial charge in [0.15, 0.2) is 0 Å². The maximum atomic E-state index is 13.2. The molecule has 1 aliphatic heterocycles. The van der Waals surface area contributed by atoms with Crippen LogP contribution in [0.2, 0.25) is 0 Å². The number of fused-ring (bicyclic) bond motifs is 1. The highest BCUT2D eigenvalue weighted by Crippen LogP contribution is 2.37. The number of rotatable bonds is 10. The Kier molecular flexibility index (Phi) is 8.13. The van der Waals surface area contributed by atoms with E-state index >= 15 is 0 Å². The van der Waals surface area contributed by atoms with Gasteiger partial charge in [-0.05, 0) is 55.5 Å². The molecule has 1 unspecified atom stereocenters. The molecule has 2 heterocycles. The van der Waals surface area contributed by atoms with Gasteiger partial charge in [-0.15, -0.1) is 5.10 Å². The molecule has 35 heavy (non-hydrogen) atoms. The van der Waals surface area contributed by atoms with Crippen LogP contribution in [0, 0.1) is 6.92 Å². The van der Waals surface area contributed by atoms with E-state index in [-0.39, 0.29) is 5.97 Å². The molecule has 0 aliphatic carbocycles. The highest BCUT2D eigenvalue weighted by Gasteiger charge is 2.35. The zero-order chi connectivity index (χ0) is 24.8. The third-order valence-electron chi connectivity index (χ3n) is 5.76. The summed E-state index contributed by atoms with van der Waals surface area (Å²) in [6.07, 6.45) is 1.78. The number of anilines is 1. The van der Waals surface area contributed by atoms with Crippen molar-refractivity contribution in [1.29, 1.82) is 0 Å². The third-order valence-corrected chi connectivity index (χ3v) is 6.80. The normalized spacial score (nSPS) is 14.9. The molecule has 0 saturated carbocycles. The minimum absolute atomic E-state index is 0.350. The molecule has 0 fully saturated rings. The summed E-state index contributed by atoms with van der Waals surface area (Å²) in [5.74, 6) is 1.92. The number of nitrogens with one attached hydrogen (secondary N) is 1. The van der Waals surface area contributed by atoms with Gasteiger partial charge in [-0.3, -0.25) is 0 Å². The Balaban J connectivity index is 1.69. The molecule has 3 aromatic rings. The van der Waals surface area contributed by atoms with Crippen LogP contribution >= 0.6 is 11.8 Å². The van der Waals surface area contributed by atoms with Crippen molar-refractivity contribution in [3.05, 3.63) is 76.5 Å². The van der Waals surface area contributed by atoms with Crippen molar-refractivity contribution in [1.82, 2.24) is 14.8 Å². The van der Waals surface area contributed by atoms with Crippen molar-refractivity contribution >= 4 is 23.7 Å². The van der Waals surface area contributed by atoms with Crippen molar-refractivity contribution in [2.45, 2.75) is 58.3 Å². The number of benzene rings is 2. The van der Waals surface area contributed by atoms with Gasteiger partial charge in [0.2, 0.25) is 11.1 Å². The molecule has 8 heteroatoms. The molecule has 1 aromatic heterocycles. The number of ether oxygens (including phenoxy) is 2. The molecule has 184 valence electrons. The first-order chi connectivity index (χ1) is 17.0. The zero-order valence-electron chi connectivity index (χ0n) is 20.7. The molecule has 0 bridgehead atoms. The van der Waals surface area contributed by atoms with Crippen LogP contribution in [0.3, 0.4) is 0 Å². The predicted octanol–water partition coefficient (Wildman–Crippen LogP) is 5.91. The minimum Gasteiger partial charge on any atom is -0.489 e. The van der Waals surface area contributed by atoms with Crippen LogP contribution in [0.4, 0.5) is 5.95 Å². The van der Waals surface area contributed by atoms with Crippen LogP contribution in [0.25, 0.3) is 0 Å². The molecule has 1 aliphatic rings. The van der Waals surface area contributed by atoms with E-state index in [9.17, 15) is 4.79 Å². The van der Waals surface area contributed by atoms with Crippen LogP contribution in [0.15, 0.2) is 65.0 Å². The van der Waals surface area contributed by atoms with E-state index < -0.39 is 6.04 Å². The predicted molar refractivity (Wildman–Crippen MR) is 139 cm³/mol. The van der Waals surface area contributed by atoms with Gasteiger partial charge in [-0.2, -0.15) is 4.98 Å². The highest BCUT2D eigenvalue weighted by atomic mass is 32.2. The monoisotopic (exact) mass is 492 g/mol. The Morgan fingerprint density at radius 1 is 1.11 bits per heavy atom. The molecule has 0 spiro atoms. The average Bonchev–Trinajstić information content (AvgIpc) is 3.27. The molecular weight excluding hydrogens is 460 g/mol. The molecule has 1 N–H and O–H groups in total. The quantitative estimate of drug-likeness (QED) is 0.278. The fourth-order valence-corrected chi connectivity index (χ4v) is 4.62. The molecule has 7 nitrogen and oxygen atoms in total. The first-order valence-corrected chi connectivity index (χ1v) is 13.0. The standard InChI is InChI=1S/C27H32N4O3S/c1-5-14-33-25(32)23-19(4)28-26-29-27(35-15-6-2)30-31(26)24(23)20-12-9-13-22(16-20)34-17-21-11-8-7-10-18(21)3/h7-13,16,24H,5-6,14-15,17H2,1-4H3,(H,28,29,30). The first kappa shape index (κ1) is 24.9. The van der Waals surface area contributed by atoms with Crippen LogP contribution < -0.4 is 10.1 Å². The lowest BCUT2D eigenvalue weighted by atomic mass is 9.95. The Bertz CT molecular complexity index is 1220. The van der Waals surface area contributed by atoms with E-state index in [2.05, 4.69) is 36.3 Å². The number of aromatic nitrogens is 3. The number of aryl methyl sites for hydroxylation is 1. The molecular formula is C27H32N4O3S. The average molecular weight is 493 g/mol. The molecule has 0 amide bonds. The van der Waals surface area contributed by atoms with Gasteiger partial charge < -0.3 is 14.8 Å². The van der Waals surface area contributed by atoms with E-state index in [1.807, 2.05) is 50.2 Å². The van der Waals surface area contributed by atoms with Crippen molar-refractivity contribution in [2.24, 2.45) is 0 Å². The summed E-state index contributed by atoms with van der Waals surface area (Å²) in [6, 6.07) is 15.5. The lowest BCUT2D eigenvalue weighted by Crippen LogP contribution is -2.29. The van der Waals surface area contributed by atoms with Gasteiger partial charge in [0.25, 0.3) is 0 Å². The number of thioether (sulfide) groups is 1. The van der Waals surface area contributed by atoms with Crippen molar-refractivity contribution < 1.29 is 14.3 Å². The van der Waals surface area contributed by atoms with Gasteiger partial charge in [-0.25, -0.2) is 9.48 Å². The summed E-state index contributed by atoms with van der Waals surface area (Å²) < 4.78 is 13.5. The van der Waals surface area contributed by atoms with Crippen molar-refractivity contribution in [2.75, 3.05) is 17.7 Å². The fourth-order valence-electron chi connectivity index (χ4n) is 3.94. The smallest absolute Gasteiger partial charge is 0.338 e. The first-order valence-electron chi connectivity index (χ1n) is 12.0. The zero-order valence-corrected chi connectivity index (χ0v) is 21.5. The van der Waals surface area contributed by atoms with Gasteiger partial charge in [0.05, 0.1) is 12.2 Å². The number of hydrogen-bond acceptors (Lipinski definition) is 7. The van der Waals surface area contributed by atoms with Crippen molar-refractivity contribution in [3.8, 4) is 5.75 Å². The van der Waals surface area contributed by atoms with E-state index in [1.165, 1.54) is 5.56 Å². The lowest BCUT2D eigenvalue weighted by Gasteiger charge is -2.28. The van der Waals surface area contributed by atoms with Crippen LogP contribution in [0.1, 0.15) is 56.3 Å². The van der Waals surface area contributed by atoms with Crippen molar-refractivity contribution in [3.63, 3.8) is 0 Å². The topological polar surface area (TPSA) is 78.3 Å². The summed E-state index contributed by atoms with van der Waals surface area (Å²) in [7, 11) is 0. The Labute approximate surface area is 210 Å². The molecule has 1 atom stereocenters. The van der Waals surface area contributed by atoms with Gasteiger partial charge in [-0.1, -0.05) is 62.0 Å². The summed E-state index contributed by atoms with van der Waals surface area (Å²) in [5.41, 5.74) is 4.45. The Morgan fingerprint density at radius 3 is 2.71 bits per heavy atom. The number of nitrogens with zero attached hydrogens (tertiary/aromatic N) is 3. The number of carbonyl (C=O) groups excluding carboxylic acids is 1. The number of hydrogen-bond donors (Lipinski definition) is 1. The van der Waals surface area contributed by atoms with Crippen LogP contribution in [0.5, 0.6) is 5.75 Å². The number of allylic oxidation sites excluding steroid dienone is 1. The second kappa shape index (κ2) is 11.4. The largest absolute Gasteiger partial charge is 0.489 e. The van der Waals surface area contributed by atoms with Gasteiger partial charge in [0, 0.05) is 11.4 Å². The van der Waals surface area contributed by atoms with E-state index in [4.69, 9.17) is 14.6 Å². The maximum Gasteiger partial charge on any atom is 0.338 e. The molecule has 2 aromatic carbocycles. The fraction of sp³-hybridized carbons (Fsp3) is 0.370. The van der Waals surface area contributed by atoms with E-state index in [1.54, 1.807) is 16.4 Å². The highest BCUT2D eigenvalue weighted by molar-refractivity contribution is 7.99. The SMILES string of the molecule is CCCOC(=O)C1=C(C)Nc2nc(SCCC)nn2C1c1cccc(OCc2ccccc2C)c1. The van der Waals surface area contributed by atoms with Gasteiger partial charge in [0.1, 0.15) is 18.4 Å². The van der Waals surface area contributed by atoms with Gasteiger partial charge >= 0.3 is 5.97 Å². The third kappa shape index (κ3) is 5.70. The Morgan fingerprint density at radius 2 is 1.94 bits per heavy atom. The van der Waals surface area contributed by atoms with E-state index in [0.717, 1.165) is 35.5 Å². The van der Waals surface area contributed by atoms with Crippen LogP contribution in [-0.4, -0.2) is 33.1 Å². The molecule has 0 radical (unpaired) electrons. The summed E-state index contributed by atoms with van der Waals surface area (Å²) in [5, 5.41) is 8.69. The number of carbonyl (C=O) groups is 1. The summed E-state index contributed by atoms with van der Waals surface area (Å²) in [6.45, 7) is 8.89. The molecule has 4 rings (SSSR count). The number of esters is 1. The maximum absolute atomic E-state index is 13.2. The minimum atomic E-state index is -0.471. The summed E-state index contributed by atoms with van der Waals surface area (Å²) >= 11 is 1.60. The van der Waals surface area contributed by atoms with E-state index in [0.29, 0.717) is 35.6 Å². The Hall–Kier alpha value is -3.26.